The number of methoxy groups -OCH3 is 1. The molecule has 1 N–H and O–H groups in total. The molecule has 0 aliphatic carbocycles. The summed E-state index contributed by atoms with van der Waals surface area (Å²) in [4.78, 5) is 4.11. The van der Waals surface area contributed by atoms with Gasteiger partial charge in [-0.15, -0.1) is 21.8 Å². The van der Waals surface area contributed by atoms with Gasteiger partial charge in [-0.1, -0.05) is 0 Å². The quantitative estimate of drug-likeness (QED) is 0.789. The topological polar surface area (TPSA) is 76.6 Å². The van der Waals surface area contributed by atoms with Gasteiger partial charge < -0.3 is 4.74 Å². The molecule has 0 unspecified atom stereocenters. The standard InChI is InChI=1S/C8H8ClN5O/c1-15-7-3-2-5(11-13-7)8-10-6(4-9)12-14-8/h2-3H,4H2,1H3,(H,10,12,14). The maximum atomic E-state index is 5.59. The predicted octanol–water partition coefficient (Wildman–Crippen LogP) is 1.01. The van der Waals surface area contributed by atoms with Gasteiger partial charge in [0.1, 0.15) is 11.5 Å². The fourth-order valence-corrected chi connectivity index (χ4v) is 1.14. The second kappa shape index (κ2) is 4.22. The molecule has 6 nitrogen and oxygen atoms in total. The average molecular weight is 226 g/mol. The van der Waals surface area contributed by atoms with Crippen molar-refractivity contribution in [3.63, 3.8) is 0 Å². The van der Waals surface area contributed by atoms with Crippen LogP contribution in [-0.2, 0) is 5.88 Å². The van der Waals surface area contributed by atoms with Crippen LogP contribution >= 0.6 is 11.6 Å². The Morgan fingerprint density at radius 3 is 2.80 bits per heavy atom. The molecular formula is C8H8ClN5O. The van der Waals surface area contributed by atoms with Crippen LogP contribution in [0.3, 0.4) is 0 Å². The molecule has 0 amide bonds. The van der Waals surface area contributed by atoms with E-state index in [2.05, 4.69) is 25.4 Å². The molecular weight excluding hydrogens is 218 g/mol. The third kappa shape index (κ3) is 2.04. The third-order valence-electron chi connectivity index (χ3n) is 1.74. The molecule has 2 heterocycles. The number of ether oxygens (including phenoxy) is 1. The Hall–Kier alpha value is -1.69. The van der Waals surface area contributed by atoms with Gasteiger partial charge in [-0.2, -0.15) is 5.10 Å². The Bertz CT molecular complexity index is 441. The monoisotopic (exact) mass is 225 g/mol. The second-order valence-electron chi connectivity index (χ2n) is 2.70. The summed E-state index contributed by atoms with van der Waals surface area (Å²) >= 11 is 5.59. The third-order valence-corrected chi connectivity index (χ3v) is 1.99. The molecule has 0 aromatic carbocycles. The van der Waals surface area contributed by atoms with Gasteiger partial charge in [0.15, 0.2) is 0 Å². The first kappa shape index (κ1) is 9.85. The number of nitrogens with zero attached hydrogens (tertiary/aromatic N) is 4. The number of hydrogen-bond acceptors (Lipinski definition) is 5. The number of aromatic amines is 1. The molecule has 0 bridgehead atoms. The molecule has 15 heavy (non-hydrogen) atoms. The van der Waals surface area contributed by atoms with E-state index >= 15 is 0 Å². The van der Waals surface area contributed by atoms with E-state index < -0.39 is 0 Å². The van der Waals surface area contributed by atoms with Crippen molar-refractivity contribution in [2.45, 2.75) is 5.88 Å². The Morgan fingerprint density at radius 2 is 2.27 bits per heavy atom. The van der Waals surface area contributed by atoms with Crippen molar-refractivity contribution < 1.29 is 4.74 Å². The highest BCUT2D eigenvalue weighted by Gasteiger charge is 2.07. The number of H-pyrrole nitrogens is 1. The molecule has 0 fully saturated rings. The lowest BCUT2D eigenvalue weighted by Crippen LogP contribution is -1.93. The fraction of sp³-hybridized carbons (Fsp3) is 0.250. The number of rotatable bonds is 3. The van der Waals surface area contributed by atoms with Crippen LogP contribution in [0.15, 0.2) is 12.1 Å². The summed E-state index contributed by atoms with van der Waals surface area (Å²) in [5.41, 5.74) is 0.573. The van der Waals surface area contributed by atoms with Crippen LogP contribution in [0, 0.1) is 0 Å². The predicted molar refractivity (Wildman–Crippen MR) is 53.5 cm³/mol. The van der Waals surface area contributed by atoms with E-state index in [4.69, 9.17) is 16.3 Å². The van der Waals surface area contributed by atoms with Crippen molar-refractivity contribution in [2.24, 2.45) is 0 Å². The summed E-state index contributed by atoms with van der Waals surface area (Å²) in [6, 6.07) is 3.42. The van der Waals surface area contributed by atoms with Gasteiger partial charge in [-0.3, -0.25) is 5.10 Å². The van der Waals surface area contributed by atoms with Crippen molar-refractivity contribution in [2.75, 3.05) is 7.11 Å². The van der Waals surface area contributed by atoms with Crippen LogP contribution in [0.5, 0.6) is 5.88 Å². The van der Waals surface area contributed by atoms with E-state index in [1.54, 1.807) is 12.1 Å². The van der Waals surface area contributed by atoms with E-state index in [-0.39, 0.29) is 5.88 Å². The SMILES string of the molecule is COc1ccc(-c2n[nH]c(CCl)n2)nn1. The van der Waals surface area contributed by atoms with Gasteiger partial charge in [0.2, 0.25) is 11.7 Å². The van der Waals surface area contributed by atoms with Crippen LogP contribution < -0.4 is 4.74 Å². The lowest BCUT2D eigenvalue weighted by Gasteiger charge is -1.96. The first-order valence-corrected chi connectivity index (χ1v) is 4.72. The minimum absolute atomic E-state index is 0.288. The summed E-state index contributed by atoms with van der Waals surface area (Å²) in [5, 5.41) is 14.4. The molecule has 78 valence electrons. The van der Waals surface area contributed by atoms with E-state index in [9.17, 15) is 0 Å². The Balaban J connectivity index is 2.28. The average Bonchev–Trinajstić information content (AvgIpc) is 2.78. The lowest BCUT2D eigenvalue weighted by atomic mass is 10.4. The number of hydrogen-bond donors (Lipinski definition) is 1. The Kier molecular flexibility index (Phi) is 2.77. The maximum absolute atomic E-state index is 5.59. The zero-order valence-corrected chi connectivity index (χ0v) is 8.69. The van der Waals surface area contributed by atoms with Gasteiger partial charge >= 0.3 is 0 Å². The largest absolute Gasteiger partial charge is 0.480 e. The van der Waals surface area contributed by atoms with Crippen molar-refractivity contribution in [1.29, 1.82) is 0 Å². The first-order chi connectivity index (χ1) is 7.33. The summed E-state index contributed by atoms with van der Waals surface area (Å²) in [6.07, 6.45) is 0. The van der Waals surface area contributed by atoms with Crippen LogP contribution in [0.25, 0.3) is 11.5 Å². The minimum atomic E-state index is 0.288. The van der Waals surface area contributed by atoms with Gasteiger partial charge in [0, 0.05) is 6.07 Å². The summed E-state index contributed by atoms with van der Waals surface area (Å²) < 4.78 is 4.89. The van der Waals surface area contributed by atoms with Crippen molar-refractivity contribution in [3.8, 4) is 17.4 Å². The van der Waals surface area contributed by atoms with E-state index in [0.717, 1.165) is 0 Å². The van der Waals surface area contributed by atoms with Crippen molar-refractivity contribution in [1.82, 2.24) is 25.4 Å². The molecule has 0 aliphatic heterocycles. The van der Waals surface area contributed by atoms with Gasteiger partial charge in [0.25, 0.3) is 0 Å². The molecule has 0 spiro atoms. The smallest absolute Gasteiger partial charge is 0.233 e. The highest BCUT2D eigenvalue weighted by Crippen LogP contribution is 2.13. The van der Waals surface area contributed by atoms with Crippen LogP contribution in [0.1, 0.15) is 5.82 Å². The molecule has 2 aromatic heterocycles. The van der Waals surface area contributed by atoms with Crippen LogP contribution in [0.2, 0.25) is 0 Å². The molecule has 0 atom stereocenters. The second-order valence-corrected chi connectivity index (χ2v) is 2.97. The zero-order chi connectivity index (χ0) is 10.7. The lowest BCUT2D eigenvalue weighted by molar-refractivity contribution is 0.392. The van der Waals surface area contributed by atoms with E-state index in [0.29, 0.717) is 23.2 Å². The zero-order valence-electron chi connectivity index (χ0n) is 7.94. The Labute approximate surface area is 90.7 Å². The highest BCUT2D eigenvalue weighted by atomic mass is 35.5. The van der Waals surface area contributed by atoms with Crippen molar-refractivity contribution >= 4 is 11.6 Å². The van der Waals surface area contributed by atoms with Gasteiger partial charge in [-0.25, -0.2) is 4.98 Å². The molecule has 0 radical (unpaired) electrons. The summed E-state index contributed by atoms with van der Waals surface area (Å²) in [7, 11) is 1.53. The molecule has 7 heteroatoms. The molecule has 0 saturated carbocycles. The molecule has 0 aliphatic rings. The van der Waals surface area contributed by atoms with Crippen LogP contribution in [-0.4, -0.2) is 32.5 Å². The normalized spacial score (nSPS) is 10.3. The number of halogens is 1. The van der Waals surface area contributed by atoms with E-state index in [1.807, 2.05) is 0 Å². The Morgan fingerprint density at radius 1 is 1.40 bits per heavy atom. The number of alkyl halides is 1. The molecule has 0 saturated heterocycles. The van der Waals surface area contributed by atoms with E-state index in [1.165, 1.54) is 7.11 Å². The minimum Gasteiger partial charge on any atom is -0.480 e. The summed E-state index contributed by atoms with van der Waals surface area (Å²) in [5.74, 6) is 1.81. The number of nitrogens with one attached hydrogen (secondary N) is 1. The maximum Gasteiger partial charge on any atom is 0.233 e. The van der Waals surface area contributed by atoms with Gasteiger partial charge in [0.05, 0.1) is 13.0 Å². The fourth-order valence-electron chi connectivity index (χ4n) is 1.02. The highest BCUT2D eigenvalue weighted by molar-refractivity contribution is 6.16. The number of aromatic nitrogens is 5. The first-order valence-electron chi connectivity index (χ1n) is 4.19. The van der Waals surface area contributed by atoms with Gasteiger partial charge in [-0.05, 0) is 6.07 Å². The molecule has 2 aromatic rings. The molecule has 2 rings (SSSR count). The van der Waals surface area contributed by atoms with Crippen molar-refractivity contribution in [3.05, 3.63) is 18.0 Å². The summed E-state index contributed by atoms with van der Waals surface area (Å²) in [6.45, 7) is 0. The van der Waals surface area contributed by atoms with Crippen LogP contribution in [0.4, 0.5) is 0 Å².